The fourth-order valence-corrected chi connectivity index (χ4v) is 3.20. The van der Waals surface area contributed by atoms with Crippen LogP contribution in [0.25, 0.3) is 11.0 Å². The molecule has 142 valence electrons. The third kappa shape index (κ3) is 4.67. The lowest BCUT2D eigenvalue weighted by Crippen LogP contribution is -2.30. The first-order valence-corrected chi connectivity index (χ1v) is 9.49. The van der Waals surface area contributed by atoms with Gasteiger partial charge in [0.15, 0.2) is 6.61 Å². The van der Waals surface area contributed by atoms with Crippen LogP contribution in [0, 0.1) is 13.8 Å². The Morgan fingerprint density at radius 2 is 2.00 bits per heavy atom. The van der Waals surface area contributed by atoms with Gasteiger partial charge in [0.1, 0.15) is 11.6 Å². The molecule has 2 aromatic carbocycles. The van der Waals surface area contributed by atoms with Gasteiger partial charge in [-0.1, -0.05) is 24.3 Å². The number of carbonyl (C=O) groups is 1. The number of aryl methyl sites for hydroxylation is 4. The minimum absolute atomic E-state index is 0.0395. The summed E-state index contributed by atoms with van der Waals surface area (Å²) in [7, 11) is 0. The van der Waals surface area contributed by atoms with Crippen LogP contribution in [0.4, 0.5) is 0 Å². The maximum Gasteiger partial charge on any atom is 0.257 e. The maximum absolute atomic E-state index is 12.0. The molecule has 0 aliphatic heterocycles. The monoisotopic (exact) mass is 365 g/mol. The minimum atomic E-state index is -0.0973. The van der Waals surface area contributed by atoms with Crippen molar-refractivity contribution in [3.8, 4) is 5.75 Å². The quantitative estimate of drug-likeness (QED) is 0.618. The van der Waals surface area contributed by atoms with E-state index in [2.05, 4.69) is 22.9 Å². The molecule has 5 heteroatoms. The number of amides is 1. The smallest absolute Gasteiger partial charge is 0.257 e. The van der Waals surface area contributed by atoms with Crippen LogP contribution in [0.15, 0.2) is 42.5 Å². The first kappa shape index (κ1) is 19.0. The van der Waals surface area contributed by atoms with Gasteiger partial charge in [-0.25, -0.2) is 4.98 Å². The second-order valence-electron chi connectivity index (χ2n) is 6.77. The molecule has 1 heterocycles. The van der Waals surface area contributed by atoms with Crippen molar-refractivity contribution in [1.82, 2.24) is 14.9 Å². The summed E-state index contributed by atoms with van der Waals surface area (Å²) in [5.74, 6) is 1.74. The van der Waals surface area contributed by atoms with Gasteiger partial charge in [0.25, 0.3) is 5.91 Å². The highest BCUT2D eigenvalue weighted by Gasteiger charge is 2.09. The highest BCUT2D eigenvalue weighted by Crippen LogP contribution is 2.19. The van der Waals surface area contributed by atoms with Crippen molar-refractivity contribution in [3.63, 3.8) is 0 Å². The van der Waals surface area contributed by atoms with E-state index < -0.39 is 0 Å². The maximum atomic E-state index is 12.0. The van der Waals surface area contributed by atoms with Gasteiger partial charge in [0, 0.05) is 19.5 Å². The molecular formula is C22H27N3O2. The van der Waals surface area contributed by atoms with Crippen LogP contribution in [-0.4, -0.2) is 28.6 Å². The lowest BCUT2D eigenvalue weighted by molar-refractivity contribution is -0.123. The summed E-state index contributed by atoms with van der Waals surface area (Å²) in [6.07, 6.45) is 1.68. The lowest BCUT2D eigenvalue weighted by Gasteiger charge is -2.10. The molecule has 5 nitrogen and oxygen atoms in total. The minimum Gasteiger partial charge on any atom is -0.483 e. The molecule has 3 aromatic rings. The van der Waals surface area contributed by atoms with Crippen molar-refractivity contribution in [3.05, 3.63) is 59.4 Å². The van der Waals surface area contributed by atoms with Crippen LogP contribution in [0.2, 0.25) is 0 Å². The number of nitrogens with zero attached hydrogens (tertiary/aromatic N) is 2. The van der Waals surface area contributed by atoms with E-state index in [0.717, 1.165) is 47.6 Å². The summed E-state index contributed by atoms with van der Waals surface area (Å²) in [4.78, 5) is 16.8. The molecule has 0 fully saturated rings. The number of nitrogens with one attached hydrogen (secondary N) is 1. The van der Waals surface area contributed by atoms with E-state index in [1.165, 1.54) is 5.52 Å². The number of hydrogen-bond donors (Lipinski definition) is 1. The molecule has 3 rings (SSSR count). The second-order valence-corrected chi connectivity index (χ2v) is 6.77. The van der Waals surface area contributed by atoms with Crippen LogP contribution in [-0.2, 0) is 17.8 Å². The number of rotatable bonds is 8. The predicted molar refractivity (Wildman–Crippen MR) is 108 cm³/mol. The number of para-hydroxylation sites is 2. The number of imidazole rings is 1. The molecule has 0 radical (unpaired) electrons. The highest BCUT2D eigenvalue weighted by molar-refractivity contribution is 5.77. The normalized spacial score (nSPS) is 10.9. The van der Waals surface area contributed by atoms with Crippen molar-refractivity contribution in [2.75, 3.05) is 13.2 Å². The molecule has 0 bridgehead atoms. The molecule has 0 spiro atoms. The van der Waals surface area contributed by atoms with Crippen LogP contribution in [0.1, 0.15) is 30.3 Å². The molecule has 1 N–H and O–H groups in total. The first-order valence-electron chi connectivity index (χ1n) is 9.49. The SMILES string of the molecule is CCn1c(CCCNC(=O)COc2cc(C)ccc2C)nc2ccccc21. The lowest BCUT2D eigenvalue weighted by atomic mass is 10.1. The van der Waals surface area contributed by atoms with Gasteiger partial charge in [-0.05, 0) is 56.5 Å². The number of benzene rings is 2. The molecule has 0 saturated carbocycles. The summed E-state index contributed by atoms with van der Waals surface area (Å²) in [5, 5.41) is 2.93. The van der Waals surface area contributed by atoms with E-state index in [9.17, 15) is 4.79 Å². The third-order valence-corrected chi connectivity index (χ3v) is 4.65. The fraction of sp³-hybridized carbons (Fsp3) is 0.364. The first-order chi connectivity index (χ1) is 13.1. The van der Waals surface area contributed by atoms with E-state index in [-0.39, 0.29) is 12.5 Å². The fourth-order valence-electron chi connectivity index (χ4n) is 3.20. The molecule has 0 atom stereocenters. The van der Waals surface area contributed by atoms with E-state index >= 15 is 0 Å². The zero-order valence-corrected chi connectivity index (χ0v) is 16.3. The van der Waals surface area contributed by atoms with Gasteiger partial charge >= 0.3 is 0 Å². The molecule has 1 aromatic heterocycles. The van der Waals surface area contributed by atoms with Gasteiger partial charge in [0.05, 0.1) is 11.0 Å². The van der Waals surface area contributed by atoms with Crippen LogP contribution < -0.4 is 10.1 Å². The van der Waals surface area contributed by atoms with E-state index in [1.807, 2.05) is 50.2 Å². The number of carbonyl (C=O) groups excluding carboxylic acids is 1. The summed E-state index contributed by atoms with van der Waals surface area (Å²) < 4.78 is 7.88. The van der Waals surface area contributed by atoms with Crippen LogP contribution in [0.3, 0.4) is 0 Å². The Labute approximate surface area is 160 Å². The van der Waals surface area contributed by atoms with E-state index in [4.69, 9.17) is 9.72 Å². The van der Waals surface area contributed by atoms with Gasteiger partial charge in [-0.3, -0.25) is 4.79 Å². The van der Waals surface area contributed by atoms with E-state index in [0.29, 0.717) is 6.54 Å². The Hall–Kier alpha value is -2.82. The molecule has 1 amide bonds. The number of fused-ring (bicyclic) bond motifs is 1. The van der Waals surface area contributed by atoms with Crippen molar-refractivity contribution in [2.24, 2.45) is 0 Å². The summed E-state index contributed by atoms with van der Waals surface area (Å²) in [6.45, 7) is 7.66. The molecule has 0 unspecified atom stereocenters. The molecule has 0 saturated heterocycles. The van der Waals surface area contributed by atoms with Gasteiger partial charge in [-0.15, -0.1) is 0 Å². The van der Waals surface area contributed by atoms with Gasteiger partial charge < -0.3 is 14.6 Å². The predicted octanol–water partition coefficient (Wildman–Crippen LogP) is 3.80. The topological polar surface area (TPSA) is 56.2 Å². The van der Waals surface area contributed by atoms with Crippen molar-refractivity contribution < 1.29 is 9.53 Å². The zero-order chi connectivity index (χ0) is 19.2. The Balaban J connectivity index is 1.46. The summed E-state index contributed by atoms with van der Waals surface area (Å²) in [5.41, 5.74) is 4.35. The van der Waals surface area contributed by atoms with Gasteiger partial charge in [0.2, 0.25) is 0 Å². The van der Waals surface area contributed by atoms with Gasteiger partial charge in [-0.2, -0.15) is 0 Å². The standard InChI is InChI=1S/C22H27N3O2/c1-4-25-19-9-6-5-8-18(19)24-21(25)10-7-13-23-22(26)15-27-20-14-16(2)11-12-17(20)3/h5-6,8-9,11-12,14H,4,7,10,13,15H2,1-3H3,(H,23,26). The van der Waals surface area contributed by atoms with E-state index in [1.54, 1.807) is 0 Å². The third-order valence-electron chi connectivity index (χ3n) is 4.65. The summed E-state index contributed by atoms with van der Waals surface area (Å²) in [6, 6.07) is 14.2. The number of ether oxygens (including phenoxy) is 1. The second kappa shape index (κ2) is 8.71. The van der Waals surface area contributed by atoms with Crippen LogP contribution in [0.5, 0.6) is 5.75 Å². The number of hydrogen-bond acceptors (Lipinski definition) is 3. The van der Waals surface area contributed by atoms with Crippen LogP contribution >= 0.6 is 0 Å². The molecule has 27 heavy (non-hydrogen) atoms. The Morgan fingerprint density at radius 1 is 1.19 bits per heavy atom. The van der Waals surface area contributed by atoms with Crippen molar-refractivity contribution in [2.45, 2.75) is 40.2 Å². The molecule has 0 aliphatic rings. The Kier molecular flexibility index (Phi) is 6.12. The molecule has 0 aliphatic carbocycles. The Bertz CT molecular complexity index is 930. The zero-order valence-electron chi connectivity index (χ0n) is 16.3. The highest BCUT2D eigenvalue weighted by atomic mass is 16.5. The number of aromatic nitrogens is 2. The average molecular weight is 365 g/mol. The largest absolute Gasteiger partial charge is 0.483 e. The van der Waals surface area contributed by atoms with Crippen molar-refractivity contribution in [1.29, 1.82) is 0 Å². The molecular weight excluding hydrogens is 338 g/mol. The average Bonchev–Trinajstić information content (AvgIpc) is 3.03. The summed E-state index contributed by atoms with van der Waals surface area (Å²) >= 11 is 0. The Morgan fingerprint density at radius 3 is 2.81 bits per heavy atom. The van der Waals surface area contributed by atoms with Crippen molar-refractivity contribution >= 4 is 16.9 Å².